The monoisotopic (exact) mass is 251 g/mol. The van der Waals surface area contributed by atoms with E-state index >= 15 is 0 Å². The van der Waals surface area contributed by atoms with Crippen LogP contribution >= 0.6 is 0 Å². The third-order valence-corrected chi connectivity index (χ3v) is 2.07. The van der Waals surface area contributed by atoms with Crippen molar-refractivity contribution in [2.24, 2.45) is 0 Å². The highest BCUT2D eigenvalue weighted by molar-refractivity contribution is 5.89. The first-order valence-corrected chi connectivity index (χ1v) is 5.63. The molecule has 0 aromatic heterocycles. The summed E-state index contributed by atoms with van der Waals surface area (Å²) in [6, 6.07) is 6.57. The Morgan fingerprint density at radius 1 is 1.33 bits per heavy atom. The van der Waals surface area contributed by atoms with E-state index in [1.54, 1.807) is 18.2 Å². The van der Waals surface area contributed by atoms with Crippen molar-refractivity contribution in [2.75, 3.05) is 13.7 Å². The molecule has 0 spiro atoms. The molecule has 0 radical (unpaired) electrons. The molecule has 1 N–H and O–H groups in total. The molecule has 0 atom stereocenters. The number of esters is 1. The van der Waals surface area contributed by atoms with Gasteiger partial charge in [0.1, 0.15) is 5.75 Å². The standard InChI is InChI=1S/C13H17NO4/c1-9(2)14-12(15)8-18-11-6-4-5-10(7-11)13(16)17-3/h4-7,9H,8H2,1-3H3,(H,14,15). The Kier molecular flexibility index (Phi) is 5.17. The lowest BCUT2D eigenvalue weighted by molar-refractivity contribution is -0.123. The van der Waals surface area contributed by atoms with Crippen LogP contribution in [0.5, 0.6) is 5.75 Å². The molecule has 5 heteroatoms. The van der Waals surface area contributed by atoms with Gasteiger partial charge in [-0.25, -0.2) is 4.79 Å². The lowest BCUT2D eigenvalue weighted by atomic mass is 10.2. The molecule has 5 nitrogen and oxygen atoms in total. The van der Waals surface area contributed by atoms with Gasteiger partial charge in [-0.2, -0.15) is 0 Å². The van der Waals surface area contributed by atoms with Gasteiger partial charge in [0.25, 0.3) is 5.91 Å². The first kappa shape index (κ1) is 14.0. The van der Waals surface area contributed by atoms with E-state index in [0.717, 1.165) is 0 Å². The summed E-state index contributed by atoms with van der Waals surface area (Å²) in [7, 11) is 1.31. The molecule has 1 amide bonds. The molecule has 0 bridgehead atoms. The Hall–Kier alpha value is -2.04. The lowest BCUT2D eigenvalue weighted by Gasteiger charge is -2.10. The van der Waals surface area contributed by atoms with Crippen LogP contribution in [0.1, 0.15) is 24.2 Å². The average Bonchev–Trinajstić information content (AvgIpc) is 2.35. The third-order valence-electron chi connectivity index (χ3n) is 2.07. The van der Waals surface area contributed by atoms with E-state index in [1.165, 1.54) is 13.2 Å². The highest BCUT2D eigenvalue weighted by Crippen LogP contribution is 2.13. The zero-order valence-electron chi connectivity index (χ0n) is 10.7. The van der Waals surface area contributed by atoms with E-state index in [4.69, 9.17) is 4.74 Å². The molecule has 0 saturated heterocycles. The topological polar surface area (TPSA) is 64.6 Å². The Labute approximate surface area is 106 Å². The quantitative estimate of drug-likeness (QED) is 0.803. The molecule has 18 heavy (non-hydrogen) atoms. The van der Waals surface area contributed by atoms with Gasteiger partial charge in [0.05, 0.1) is 12.7 Å². The van der Waals surface area contributed by atoms with E-state index in [2.05, 4.69) is 10.1 Å². The molecule has 1 aromatic carbocycles. The minimum absolute atomic E-state index is 0.0718. The van der Waals surface area contributed by atoms with Crippen molar-refractivity contribution < 1.29 is 19.1 Å². The first-order chi connectivity index (χ1) is 8.52. The molecule has 1 rings (SSSR count). The van der Waals surface area contributed by atoms with Crippen molar-refractivity contribution in [2.45, 2.75) is 19.9 Å². The van der Waals surface area contributed by atoms with Crippen molar-refractivity contribution in [3.05, 3.63) is 29.8 Å². The minimum Gasteiger partial charge on any atom is -0.484 e. The number of hydrogen-bond donors (Lipinski definition) is 1. The maximum absolute atomic E-state index is 11.4. The van der Waals surface area contributed by atoms with E-state index < -0.39 is 5.97 Å². The van der Waals surface area contributed by atoms with Gasteiger partial charge in [0, 0.05) is 6.04 Å². The SMILES string of the molecule is COC(=O)c1cccc(OCC(=O)NC(C)C)c1. The number of hydrogen-bond acceptors (Lipinski definition) is 4. The highest BCUT2D eigenvalue weighted by Gasteiger charge is 2.08. The second kappa shape index (κ2) is 6.64. The highest BCUT2D eigenvalue weighted by atomic mass is 16.5. The van der Waals surface area contributed by atoms with E-state index in [1.807, 2.05) is 13.8 Å². The van der Waals surface area contributed by atoms with Crippen LogP contribution in [0.25, 0.3) is 0 Å². The average molecular weight is 251 g/mol. The van der Waals surface area contributed by atoms with Gasteiger partial charge in [-0.1, -0.05) is 6.07 Å². The second-order valence-electron chi connectivity index (χ2n) is 4.03. The fourth-order valence-electron chi connectivity index (χ4n) is 1.34. The summed E-state index contributed by atoms with van der Waals surface area (Å²) >= 11 is 0. The van der Waals surface area contributed by atoms with Crippen LogP contribution in [0.4, 0.5) is 0 Å². The van der Waals surface area contributed by atoms with Crippen molar-refractivity contribution in [1.29, 1.82) is 0 Å². The van der Waals surface area contributed by atoms with Crippen LogP contribution in [-0.4, -0.2) is 31.6 Å². The first-order valence-electron chi connectivity index (χ1n) is 5.63. The predicted molar refractivity (Wildman–Crippen MR) is 66.6 cm³/mol. The van der Waals surface area contributed by atoms with Gasteiger partial charge in [-0.3, -0.25) is 4.79 Å². The van der Waals surface area contributed by atoms with Gasteiger partial charge in [-0.15, -0.1) is 0 Å². The molecule has 0 aliphatic carbocycles. The summed E-state index contributed by atoms with van der Waals surface area (Å²) in [5.74, 6) is -0.183. The van der Waals surface area contributed by atoms with Crippen LogP contribution < -0.4 is 10.1 Å². The number of methoxy groups -OCH3 is 1. The van der Waals surface area contributed by atoms with Crippen molar-refractivity contribution in [3.63, 3.8) is 0 Å². The summed E-state index contributed by atoms with van der Waals surface area (Å²) in [4.78, 5) is 22.7. The number of amides is 1. The smallest absolute Gasteiger partial charge is 0.337 e. The molecule has 0 fully saturated rings. The lowest BCUT2D eigenvalue weighted by Crippen LogP contribution is -2.34. The maximum Gasteiger partial charge on any atom is 0.337 e. The van der Waals surface area contributed by atoms with E-state index in [9.17, 15) is 9.59 Å². The van der Waals surface area contributed by atoms with Gasteiger partial charge in [-0.05, 0) is 32.0 Å². The number of nitrogens with one attached hydrogen (secondary N) is 1. The number of ether oxygens (including phenoxy) is 2. The molecule has 0 heterocycles. The molecule has 0 aliphatic heterocycles. The zero-order chi connectivity index (χ0) is 13.5. The van der Waals surface area contributed by atoms with Gasteiger partial charge in [0.2, 0.25) is 0 Å². The summed E-state index contributed by atoms with van der Waals surface area (Å²) in [6.07, 6.45) is 0. The molecule has 0 aliphatic rings. The van der Waals surface area contributed by atoms with Crippen molar-refractivity contribution in [1.82, 2.24) is 5.32 Å². The van der Waals surface area contributed by atoms with Crippen LogP contribution in [0.15, 0.2) is 24.3 Å². The number of carbonyl (C=O) groups is 2. The predicted octanol–water partition coefficient (Wildman–Crippen LogP) is 1.38. The summed E-state index contributed by atoms with van der Waals surface area (Å²) in [6.45, 7) is 3.66. The minimum atomic E-state index is -0.438. The zero-order valence-corrected chi connectivity index (χ0v) is 10.7. The third kappa shape index (κ3) is 4.45. The Bertz CT molecular complexity index is 429. The van der Waals surface area contributed by atoms with Crippen LogP contribution in [0, 0.1) is 0 Å². The van der Waals surface area contributed by atoms with Crippen molar-refractivity contribution in [3.8, 4) is 5.75 Å². The van der Waals surface area contributed by atoms with Crippen molar-refractivity contribution >= 4 is 11.9 Å². The summed E-state index contributed by atoms with van der Waals surface area (Å²) in [5.41, 5.74) is 0.388. The second-order valence-corrected chi connectivity index (χ2v) is 4.03. The molecule has 98 valence electrons. The van der Waals surface area contributed by atoms with E-state index in [-0.39, 0.29) is 18.6 Å². The fourth-order valence-corrected chi connectivity index (χ4v) is 1.34. The van der Waals surface area contributed by atoms with Gasteiger partial charge in [0.15, 0.2) is 6.61 Å². The summed E-state index contributed by atoms with van der Waals surface area (Å²) in [5, 5.41) is 2.71. The van der Waals surface area contributed by atoms with Crippen LogP contribution in [0.3, 0.4) is 0 Å². The van der Waals surface area contributed by atoms with Crippen LogP contribution in [-0.2, 0) is 9.53 Å². The fraction of sp³-hybridized carbons (Fsp3) is 0.385. The molecular weight excluding hydrogens is 234 g/mol. The molecule has 1 aromatic rings. The molecular formula is C13H17NO4. The number of carbonyl (C=O) groups excluding carboxylic acids is 2. The molecule has 0 saturated carbocycles. The Morgan fingerprint density at radius 2 is 2.06 bits per heavy atom. The van der Waals surface area contributed by atoms with Gasteiger partial charge >= 0.3 is 5.97 Å². The maximum atomic E-state index is 11.4. The Morgan fingerprint density at radius 3 is 2.67 bits per heavy atom. The Balaban J connectivity index is 2.57. The number of rotatable bonds is 5. The molecule has 0 unspecified atom stereocenters. The van der Waals surface area contributed by atoms with Crippen LogP contribution in [0.2, 0.25) is 0 Å². The van der Waals surface area contributed by atoms with Gasteiger partial charge < -0.3 is 14.8 Å². The summed E-state index contributed by atoms with van der Waals surface area (Å²) < 4.78 is 9.88. The normalized spacial score (nSPS) is 10.0. The largest absolute Gasteiger partial charge is 0.484 e. The van der Waals surface area contributed by atoms with E-state index in [0.29, 0.717) is 11.3 Å². The number of benzene rings is 1.